The van der Waals surface area contributed by atoms with Crippen molar-refractivity contribution in [2.75, 3.05) is 6.61 Å². The largest absolute Gasteiger partial charge is 0.469 e. The lowest BCUT2D eigenvalue weighted by Gasteiger charge is -2.15. The Labute approximate surface area is 84.7 Å². The molecule has 0 saturated carbocycles. The van der Waals surface area contributed by atoms with Gasteiger partial charge in [0.05, 0.1) is 6.61 Å². The molecule has 0 radical (unpaired) electrons. The van der Waals surface area contributed by atoms with Crippen LogP contribution in [0.5, 0.6) is 0 Å². The Bertz CT molecular complexity index is 294. The van der Waals surface area contributed by atoms with Gasteiger partial charge in [0, 0.05) is 6.92 Å². The van der Waals surface area contributed by atoms with Gasteiger partial charge in [-0.15, -0.1) is 0 Å². The number of ketones is 2. The summed E-state index contributed by atoms with van der Waals surface area (Å²) in [5.41, 5.74) is 0. The number of carbonyl (C=O) groups excluding carboxylic acids is 2. The molecule has 0 aliphatic rings. The molecule has 0 saturated heterocycles. The Morgan fingerprint density at radius 2 is 1.80 bits per heavy atom. The lowest BCUT2D eigenvalue weighted by molar-refractivity contribution is -0.145. The second-order valence-electron chi connectivity index (χ2n) is 2.72. The van der Waals surface area contributed by atoms with Crippen molar-refractivity contribution >= 4 is 19.4 Å². The number of hydrogen-bond donors (Lipinski definition) is 4. The number of phosphoric acid groups is 1. The first-order valence-corrected chi connectivity index (χ1v) is 5.29. The standard InChI is InChI=1S/C6H11O8P/c1-3(7)5(9)6(10)4(8)2-14-15(11,12)13/h4,6,8,10H,2H2,1H3,(H2,11,12,13). The summed E-state index contributed by atoms with van der Waals surface area (Å²) in [7, 11) is -4.78. The lowest BCUT2D eigenvalue weighted by atomic mass is 10.1. The second kappa shape index (κ2) is 5.45. The van der Waals surface area contributed by atoms with Crippen LogP contribution >= 0.6 is 7.82 Å². The molecule has 88 valence electrons. The van der Waals surface area contributed by atoms with E-state index in [-0.39, 0.29) is 0 Å². The molecule has 2 unspecified atom stereocenters. The number of hydrogen-bond acceptors (Lipinski definition) is 6. The number of aliphatic hydroxyl groups is 2. The number of carbonyl (C=O) groups is 2. The molecule has 0 spiro atoms. The van der Waals surface area contributed by atoms with Gasteiger partial charge in [-0.05, 0) is 0 Å². The van der Waals surface area contributed by atoms with Crippen molar-refractivity contribution < 1.29 is 38.7 Å². The molecule has 0 amide bonds. The summed E-state index contributed by atoms with van der Waals surface area (Å²) in [6, 6.07) is 0. The molecule has 9 heteroatoms. The Balaban J connectivity index is 4.22. The maximum Gasteiger partial charge on any atom is 0.469 e. The minimum absolute atomic E-state index is 0.891. The van der Waals surface area contributed by atoms with Gasteiger partial charge in [-0.1, -0.05) is 0 Å². The molecule has 0 bridgehead atoms. The summed E-state index contributed by atoms with van der Waals surface area (Å²) in [6.07, 6.45) is -3.91. The van der Waals surface area contributed by atoms with Crippen LogP contribution in [-0.2, 0) is 18.7 Å². The highest BCUT2D eigenvalue weighted by molar-refractivity contribution is 7.46. The number of Topliss-reactive ketones (excluding diaryl/α,β-unsaturated/α-hetero) is 2. The fourth-order valence-electron chi connectivity index (χ4n) is 0.648. The second-order valence-corrected chi connectivity index (χ2v) is 3.96. The van der Waals surface area contributed by atoms with E-state index in [0.717, 1.165) is 6.92 Å². The minimum Gasteiger partial charge on any atom is -0.387 e. The number of rotatable bonds is 6. The lowest BCUT2D eigenvalue weighted by Crippen LogP contribution is -2.39. The molecule has 0 aromatic heterocycles. The summed E-state index contributed by atoms with van der Waals surface area (Å²) in [5, 5.41) is 18.0. The summed E-state index contributed by atoms with van der Waals surface area (Å²) in [4.78, 5) is 37.8. The first-order valence-electron chi connectivity index (χ1n) is 3.76. The van der Waals surface area contributed by atoms with Crippen molar-refractivity contribution in [3.63, 3.8) is 0 Å². The smallest absolute Gasteiger partial charge is 0.387 e. The quantitative estimate of drug-likeness (QED) is 0.309. The molecule has 0 aliphatic carbocycles. The van der Waals surface area contributed by atoms with Crippen LogP contribution in [0.2, 0.25) is 0 Å². The normalized spacial score (nSPS) is 15.8. The molecule has 0 rings (SSSR count). The van der Waals surface area contributed by atoms with E-state index in [1.165, 1.54) is 0 Å². The highest BCUT2D eigenvalue weighted by Gasteiger charge is 2.29. The van der Waals surface area contributed by atoms with E-state index in [9.17, 15) is 14.2 Å². The monoisotopic (exact) mass is 242 g/mol. The van der Waals surface area contributed by atoms with Gasteiger partial charge in [-0.2, -0.15) is 0 Å². The fraction of sp³-hybridized carbons (Fsp3) is 0.667. The van der Waals surface area contributed by atoms with Gasteiger partial charge in [0.15, 0.2) is 5.78 Å². The Kier molecular flexibility index (Phi) is 5.22. The van der Waals surface area contributed by atoms with Crippen molar-refractivity contribution in [3.8, 4) is 0 Å². The third-order valence-electron chi connectivity index (χ3n) is 1.39. The maximum absolute atomic E-state index is 10.8. The topological polar surface area (TPSA) is 141 Å². The zero-order valence-corrected chi connectivity index (χ0v) is 8.63. The van der Waals surface area contributed by atoms with Crippen molar-refractivity contribution in [3.05, 3.63) is 0 Å². The van der Waals surface area contributed by atoms with Crippen molar-refractivity contribution in [1.82, 2.24) is 0 Å². The van der Waals surface area contributed by atoms with Gasteiger partial charge in [0.25, 0.3) is 0 Å². The van der Waals surface area contributed by atoms with Gasteiger partial charge in [0.2, 0.25) is 5.78 Å². The van der Waals surface area contributed by atoms with E-state index in [0.29, 0.717) is 0 Å². The van der Waals surface area contributed by atoms with Crippen LogP contribution in [0, 0.1) is 0 Å². The van der Waals surface area contributed by atoms with Gasteiger partial charge in [-0.25, -0.2) is 4.57 Å². The van der Waals surface area contributed by atoms with Crippen LogP contribution in [0.4, 0.5) is 0 Å². The predicted octanol–water partition coefficient (Wildman–Crippen LogP) is -2.02. The van der Waals surface area contributed by atoms with Crippen LogP contribution in [0.25, 0.3) is 0 Å². The van der Waals surface area contributed by atoms with E-state index < -0.39 is 38.2 Å². The summed E-state index contributed by atoms with van der Waals surface area (Å²) in [5.74, 6) is -2.23. The van der Waals surface area contributed by atoms with Crippen LogP contribution in [0.1, 0.15) is 6.92 Å². The molecule has 0 fully saturated rings. The van der Waals surface area contributed by atoms with E-state index in [2.05, 4.69) is 4.52 Å². The summed E-state index contributed by atoms with van der Waals surface area (Å²) in [6.45, 7) is -0.0629. The Hall–Kier alpha value is -0.630. The van der Waals surface area contributed by atoms with E-state index in [1.807, 2.05) is 0 Å². The van der Waals surface area contributed by atoms with Crippen LogP contribution in [0.3, 0.4) is 0 Å². The minimum atomic E-state index is -4.78. The summed E-state index contributed by atoms with van der Waals surface area (Å²) >= 11 is 0. The molecule has 0 aromatic carbocycles. The van der Waals surface area contributed by atoms with Crippen molar-refractivity contribution in [2.45, 2.75) is 19.1 Å². The number of aliphatic hydroxyl groups excluding tert-OH is 2. The third kappa shape index (κ3) is 5.73. The predicted molar refractivity (Wildman–Crippen MR) is 45.7 cm³/mol. The molecule has 2 atom stereocenters. The highest BCUT2D eigenvalue weighted by Crippen LogP contribution is 2.35. The Morgan fingerprint density at radius 3 is 2.13 bits per heavy atom. The SMILES string of the molecule is CC(=O)C(=O)C(O)C(O)COP(=O)(O)O. The maximum atomic E-state index is 10.8. The molecule has 4 N–H and O–H groups in total. The van der Waals surface area contributed by atoms with Gasteiger partial charge in [-0.3, -0.25) is 14.1 Å². The molecular formula is C6H11O8P. The zero-order chi connectivity index (χ0) is 12.2. The van der Waals surface area contributed by atoms with Gasteiger partial charge >= 0.3 is 7.82 Å². The summed E-state index contributed by atoms with van der Waals surface area (Å²) < 4.78 is 14.0. The third-order valence-corrected chi connectivity index (χ3v) is 1.88. The van der Waals surface area contributed by atoms with Crippen molar-refractivity contribution in [2.24, 2.45) is 0 Å². The van der Waals surface area contributed by atoms with E-state index in [1.54, 1.807) is 0 Å². The van der Waals surface area contributed by atoms with Gasteiger partial charge in [0.1, 0.15) is 12.2 Å². The average Bonchev–Trinajstić information content (AvgIpc) is 2.10. The molecule has 0 aliphatic heterocycles. The number of phosphoric ester groups is 1. The van der Waals surface area contributed by atoms with Crippen LogP contribution in [-0.4, -0.2) is 50.4 Å². The van der Waals surface area contributed by atoms with Gasteiger partial charge < -0.3 is 20.0 Å². The first-order chi connectivity index (χ1) is 6.65. The molecule has 8 nitrogen and oxygen atoms in total. The average molecular weight is 242 g/mol. The molecule has 0 aromatic rings. The highest BCUT2D eigenvalue weighted by atomic mass is 31.2. The Morgan fingerprint density at radius 1 is 1.33 bits per heavy atom. The van der Waals surface area contributed by atoms with Crippen LogP contribution in [0.15, 0.2) is 0 Å². The molecule has 15 heavy (non-hydrogen) atoms. The zero-order valence-electron chi connectivity index (χ0n) is 7.73. The van der Waals surface area contributed by atoms with E-state index in [4.69, 9.17) is 20.0 Å². The van der Waals surface area contributed by atoms with Crippen molar-refractivity contribution in [1.29, 1.82) is 0 Å². The molecule has 0 heterocycles. The van der Waals surface area contributed by atoms with E-state index >= 15 is 0 Å². The molecular weight excluding hydrogens is 231 g/mol. The fourth-order valence-corrected chi connectivity index (χ4v) is 0.995. The first kappa shape index (κ1) is 14.4. The van der Waals surface area contributed by atoms with Crippen LogP contribution < -0.4 is 0 Å².